The summed E-state index contributed by atoms with van der Waals surface area (Å²) in [7, 11) is 1.35. The highest BCUT2D eigenvalue weighted by molar-refractivity contribution is 9.10. The number of carbonyl (C=O) groups is 1. The first kappa shape index (κ1) is 16.4. The maximum atomic E-state index is 12.4. The van der Waals surface area contributed by atoms with E-state index >= 15 is 0 Å². The molecule has 0 saturated carbocycles. The summed E-state index contributed by atoms with van der Waals surface area (Å²) < 4.78 is 13.1. The number of tetrazole rings is 1. The van der Waals surface area contributed by atoms with E-state index in [1.807, 2.05) is 25.1 Å². The Morgan fingerprint density at radius 1 is 1.46 bits per heavy atom. The lowest BCUT2D eigenvalue weighted by molar-refractivity contribution is -0.136. The highest BCUT2D eigenvalue weighted by Crippen LogP contribution is 2.40. The van der Waals surface area contributed by atoms with Crippen molar-refractivity contribution in [2.75, 3.05) is 19.0 Å². The van der Waals surface area contributed by atoms with Crippen molar-refractivity contribution >= 4 is 27.8 Å². The maximum Gasteiger partial charge on any atom is 0.338 e. The molecule has 0 saturated heterocycles. The summed E-state index contributed by atoms with van der Waals surface area (Å²) in [5, 5.41) is 14.7. The summed E-state index contributed by atoms with van der Waals surface area (Å²) in [4.78, 5) is 12.4. The van der Waals surface area contributed by atoms with Gasteiger partial charge in [0.15, 0.2) is 0 Å². The molecule has 0 unspecified atom stereocenters. The van der Waals surface area contributed by atoms with Crippen molar-refractivity contribution in [3.63, 3.8) is 0 Å². The minimum atomic E-state index is -0.553. The average Bonchev–Trinajstić information content (AvgIpc) is 3.02. The van der Waals surface area contributed by atoms with Gasteiger partial charge in [-0.05, 0) is 42.5 Å². The number of benzene rings is 1. The van der Waals surface area contributed by atoms with E-state index in [1.165, 1.54) is 7.11 Å². The predicted octanol–water partition coefficient (Wildman–Crippen LogP) is 2.30. The van der Waals surface area contributed by atoms with E-state index in [0.717, 1.165) is 10.0 Å². The molecule has 1 aromatic heterocycles. The molecule has 0 spiro atoms. The van der Waals surface area contributed by atoms with Gasteiger partial charge in [0.1, 0.15) is 11.8 Å². The van der Waals surface area contributed by atoms with E-state index in [2.05, 4.69) is 36.8 Å². The van der Waals surface area contributed by atoms with E-state index < -0.39 is 12.0 Å². The molecule has 1 aliphatic heterocycles. The fourth-order valence-electron chi connectivity index (χ4n) is 2.69. The number of nitrogens with zero attached hydrogens (tertiary/aromatic N) is 4. The molecule has 1 aromatic carbocycles. The number of hydrogen-bond acceptors (Lipinski definition) is 7. The summed E-state index contributed by atoms with van der Waals surface area (Å²) in [6.45, 7) is 4.19. The third-order valence-corrected chi connectivity index (χ3v) is 4.18. The van der Waals surface area contributed by atoms with Crippen LogP contribution in [0.4, 0.5) is 5.95 Å². The van der Waals surface area contributed by atoms with Crippen molar-refractivity contribution in [3.05, 3.63) is 39.5 Å². The lowest BCUT2D eigenvalue weighted by atomic mass is 9.95. The van der Waals surface area contributed by atoms with Gasteiger partial charge >= 0.3 is 5.97 Å². The second kappa shape index (κ2) is 6.60. The van der Waals surface area contributed by atoms with E-state index in [9.17, 15) is 4.79 Å². The summed E-state index contributed by atoms with van der Waals surface area (Å²) in [5.74, 6) is 0.657. The second-order valence-electron chi connectivity index (χ2n) is 5.12. The van der Waals surface area contributed by atoms with Gasteiger partial charge in [-0.15, -0.1) is 0 Å². The molecule has 0 fully saturated rings. The fraction of sp³-hybridized carbons (Fsp3) is 0.333. The lowest BCUT2D eigenvalue weighted by Gasteiger charge is -2.28. The molecule has 0 radical (unpaired) electrons. The summed E-state index contributed by atoms with van der Waals surface area (Å²) >= 11 is 3.47. The van der Waals surface area contributed by atoms with Crippen LogP contribution in [0.3, 0.4) is 0 Å². The number of anilines is 1. The van der Waals surface area contributed by atoms with Crippen molar-refractivity contribution in [1.29, 1.82) is 0 Å². The minimum absolute atomic E-state index is 0.427. The van der Waals surface area contributed by atoms with Gasteiger partial charge in [-0.25, -0.2) is 4.79 Å². The number of fused-ring (bicyclic) bond motifs is 1. The van der Waals surface area contributed by atoms with E-state index in [-0.39, 0.29) is 0 Å². The second-order valence-corrected chi connectivity index (χ2v) is 6.04. The van der Waals surface area contributed by atoms with E-state index in [1.54, 1.807) is 11.6 Å². The molecule has 0 aliphatic carbocycles. The van der Waals surface area contributed by atoms with Crippen LogP contribution < -0.4 is 10.1 Å². The largest absolute Gasteiger partial charge is 0.494 e. The Balaban J connectivity index is 2.23. The van der Waals surface area contributed by atoms with Crippen molar-refractivity contribution < 1.29 is 14.3 Å². The highest BCUT2D eigenvalue weighted by atomic mass is 79.9. The molecule has 2 aromatic rings. The molecule has 1 N–H and O–H groups in total. The van der Waals surface area contributed by atoms with Gasteiger partial charge < -0.3 is 14.8 Å². The Morgan fingerprint density at radius 2 is 2.25 bits per heavy atom. The predicted molar refractivity (Wildman–Crippen MR) is 89.6 cm³/mol. The number of carbonyl (C=O) groups excluding carboxylic acids is 1. The van der Waals surface area contributed by atoms with Gasteiger partial charge in [0.2, 0.25) is 5.95 Å². The quantitative estimate of drug-likeness (QED) is 0.796. The normalized spacial score (nSPS) is 16.4. The van der Waals surface area contributed by atoms with Crippen LogP contribution in [-0.2, 0) is 9.53 Å². The summed E-state index contributed by atoms with van der Waals surface area (Å²) in [5.41, 5.74) is 1.83. The summed E-state index contributed by atoms with van der Waals surface area (Å²) in [6.07, 6.45) is 0. The molecule has 9 heteroatoms. The fourth-order valence-corrected chi connectivity index (χ4v) is 3.07. The van der Waals surface area contributed by atoms with Crippen LogP contribution in [0.1, 0.15) is 25.5 Å². The number of hydrogen-bond donors (Lipinski definition) is 1. The zero-order chi connectivity index (χ0) is 17.3. The van der Waals surface area contributed by atoms with Crippen LogP contribution in [0.5, 0.6) is 5.75 Å². The number of allylic oxidation sites excluding steroid dienone is 1. The average molecular weight is 394 g/mol. The molecule has 1 atom stereocenters. The van der Waals surface area contributed by atoms with Gasteiger partial charge in [-0.1, -0.05) is 21.0 Å². The van der Waals surface area contributed by atoms with Gasteiger partial charge in [-0.2, -0.15) is 4.68 Å². The first-order valence-corrected chi connectivity index (χ1v) is 8.12. The monoisotopic (exact) mass is 393 g/mol. The first-order valence-electron chi connectivity index (χ1n) is 7.33. The zero-order valence-electron chi connectivity index (χ0n) is 13.4. The Bertz CT molecular complexity index is 817. The number of esters is 1. The maximum absolute atomic E-state index is 12.4. The van der Waals surface area contributed by atoms with Crippen LogP contribution in [-0.4, -0.2) is 39.9 Å². The molecule has 3 rings (SSSR count). The van der Waals surface area contributed by atoms with Gasteiger partial charge in [0.05, 0.1) is 19.3 Å². The van der Waals surface area contributed by atoms with Crippen LogP contribution in [0.25, 0.3) is 0 Å². The standard InChI is InChI=1S/C15H16BrN5O3/c1-4-24-11-6-5-9(16)7-10(11)13-12(14(22)23-3)8(2)17-15-18-19-20-21(13)15/h5-7,13H,4H2,1-3H3,(H,17,18,20)/t13-/m1/s1. The molecule has 126 valence electrons. The topological polar surface area (TPSA) is 91.2 Å². The Kier molecular flexibility index (Phi) is 4.52. The highest BCUT2D eigenvalue weighted by Gasteiger charge is 2.36. The SMILES string of the molecule is CCOc1ccc(Br)cc1[C@@H]1C(C(=O)OC)=C(C)Nc2nnnn21. The van der Waals surface area contributed by atoms with Crippen LogP contribution >= 0.6 is 15.9 Å². The molecular formula is C15H16BrN5O3. The van der Waals surface area contributed by atoms with Gasteiger partial charge in [0.25, 0.3) is 0 Å². The van der Waals surface area contributed by atoms with E-state index in [4.69, 9.17) is 9.47 Å². The number of aromatic nitrogens is 4. The van der Waals surface area contributed by atoms with Crippen LogP contribution in [0.15, 0.2) is 33.9 Å². The summed E-state index contributed by atoms with van der Waals surface area (Å²) in [6, 6.07) is 5.06. The molecule has 24 heavy (non-hydrogen) atoms. The number of rotatable bonds is 4. The van der Waals surface area contributed by atoms with Crippen molar-refractivity contribution in [3.8, 4) is 5.75 Å². The molecule has 0 bridgehead atoms. The smallest absolute Gasteiger partial charge is 0.338 e. The molecular weight excluding hydrogens is 378 g/mol. The third kappa shape index (κ3) is 2.75. The number of methoxy groups -OCH3 is 1. The van der Waals surface area contributed by atoms with Crippen molar-refractivity contribution in [1.82, 2.24) is 20.2 Å². The molecule has 0 amide bonds. The first-order chi connectivity index (χ1) is 11.6. The van der Waals surface area contributed by atoms with Crippen LogP contribution in [0, 0.1) is 0 Å². The lowest BCUT2D eigenvalue weighted by Crippen LogP contribution is -2.29. The van der Waals surface area contributed by atoms with Gasteiger partial charge in [0, 0.05) is 15.7 Å². The van der Waals surface area contributed by atoms with Crippen LogP contribution in [0.2, 0.25) is 0 Å². The van der Waals surface area contributed by atoms with Crippen molar-refractivity contribution in [2.45, 2.75) is 19.9 Å². The Hall–Kier alpha value is -2.42. The molecule has 2 heterocycles. The molecule has 8 nitrogen and oxygen atoms in total. The number of halogens is 1. The van der Waals surface area contributed by atoms with Gasteiger partial charge in [-0.3, -0.25) is 0 Å². The minimum Gasteiger partial charge on any atom is -0.494 e. The number of ether oxygens (including phenoxy) is 2. The Morgan fingerprint density at radius 3 is 2.96 bits per heavy atom. The Labute approximate surface area is 147 Å². The van der Waals surface area contributed by atoms with Crippen molar-refractivity contribution in [2.24, 2.45) is 0 Å². The number of nitrogens with one attached hydrogen (secondary N) is 1. The van der Waals surface area contributed by atoms with E-state index in [0.29, 0.717) is 29.6 Å². The third-order valence-electron chi connectivity index (χ3n) is 3.69. The zero-order valence-corrected chi connectivity index (χ0v) is 15.0. The molecule has 1 aliphatic rings.